The topological polar surface area (TPSA) is 162 Å². The molecule has 0 aliphatic carbocycles. The van der Waals surface area contributed by atoms with Crippen LogP contribution in [0, 0.1) is 6.92 Å². The largest absolute Gasteiger partial charge is 0.351 e. The number of H-pyrrole nitrogens is 1. The summed E-state index contributed by atoms with van der Waals surface area (Å²) >= 11 is 1.29. The lowest BCUT2D eigenvalue weighted by Gasteiger charge is -2.25. The Balaban J connectivity index is 1.58. The van der Waals surface area contributed by atoms with Crippen LogP contribution in [0.25, 0.3) is 0 Å². The molecule has 1 aliphatic rings. The third kappa shape index (κ3) is 8.10. The summed E-state index contributed by atoms with van der Waals surface area (Å²) in [5.41, 5.74) is 1.48. The van der Waals surface area contributed by atoms with E-state index in [1.807, 2.05) is 30.3 Å². The number of amides is 4. The summed E-state index contributed by atoms with van der Waals surface area (Å²) < 4.78 is 0. The molecule has 0 radical (unpaired) electrons. The number of rotatable bonds is 5. The van der Waals surface area contributed by atoms with E-state index in [0.29, 0.717) is 42.9 Å². The first kappa shape index (κ1) is 29.7. The number of carbonyl (C=O) groups excluding carboxylic acids is 4. The molecule has 4 rings (SSSR count). The third-order valence-corrected chi connectivity index (χ3v) is 7.72. The molecule has 4 amide bonds. The van der Waals surface area contributed by atoms with Crippen molar-refractivity contribution in [2.24, 2.45) is 0 Å². The van der Waals surface area contributed by atoms with Gasteiger partial charge in [0.2, 0.25) is 17.4 Å². The predicted molar refractivity (Wildman–Crippen MR) is 155 cm³/mol. The molecule has 2 aromatic heterocycles. The second-order valence-electron chi connectivity index (χ2n) is 9.99. The first-order valence-corrected chi connectivity index (χ1v) is 14.5. The predicted octanol–water partition coefficient (Wildman–Crippen LogP) is 2.15. The molecule has 216 valence electrons. The van der Waals surface area contributed by atoms with Crippen LogP contribution in [0.2, 0.25) is 0 Å². The standard InChI is InChI=1S/C29H34N6O5S/c1-3-20-27(39)34-22(14-18-9-5-4-6-10-18)29-35-23(16-41-29)26(38)30-12-8-7-11-21(28(40)32-20)33-25(37)19-13-17(2)31-24(36)15-19/h4-6,9-10,13,15-16,20-22H,3,7-8,11-12,14H2,1-2H3,(H,30,38)(H,31,36)(H,32,40)(H,33,37)(H,34,39)/t20-,21+,22+/m1/s1. The first-order chi connectivity index (χ1) is 19.7. The van der Waals surface area contributed by atoms with Crippen LogP contribution in [0.3, 0.4) is 0 Å². The monoisotopic (exact) mass is 578 g/mol. The van der Waals surface area contributed by atoms with Gasteiger partial charge in [0, 0.05) is 29.2 Å². The molecule has 2 bridgehead atoms. The van der Waals surface area contributed by atoms with Crippen molar-refractivity contribution in [1.29, 1.82) is 0 Å². The fraction of sp³-hybridized carbons (Fsp3) is 0.379. The Bertz CT molecular complexity index is 1450. The SMILES string of the molecule is CC[C@H]1NC(=O)[C@@H](NC(=O)c2cc(C)[nH]c(=O)c2)CCCCNC(=O)c2csc(n2)[C@H](Cc2ccccc2)NC1=O. The van der Waals surface area contributed by atoms with Crippen LogP contribution in [-0.4, -0.2) is 52.2 Å². The van der Waals surface area contributed by atoms with Crippen molar-refractivity contribution in [2.45, 2.75) is 64.1 Å². The minimum atomic E-state index is -0.952. The number of fused-ring (bicyclic) bond motifs is 2. The quantitative estimate of drug-likeness (QED) is 0.312. The summed E-state index contributed by atoms with van der Waals surface area (Å²) in [6, 6.07) is 9.97. The zero-order valence-electron chi connectivity index (χ0n) is 23.0. The molecule has 5 N–H and O–H groups in total. The second-order valence-corrected chi connectivity index (χ2v) is 10.9. The molecule has 0 unspecified atom stereocenters. The number of nitrogens with zero attached hydrogens (tertiary/aromatic N) is 1. The van der Waals surface area contributed by atoms with Crippen LogP contribution in [0.15, 0.2) is 52.6 Å². The number of aryl methyl sites for hydroxylation is 1. The average Bonchev–Trinajstić information content (AvgIpc) is 3.44. The first-order valence-electron chi connectivity index (χ1n) is 13.6. The molecular formula is C29H34N6O5S. The number of aromatic amines is 1. The number of nitrogens with one attached hydrogen (secondary N) is 5. The highest BCUT2D eigenvalue weighted by molar-refractivity contribution is 7.09. The molecule has 3 aromatic rings. The van der Waals surface area contributed by atoms with Gasteiger partial charge in [-0.15, -0.1) is 11.3 Å². The highest BCUT2D eigenvalue weighted by Crippen LogP contribution is 2.23. The molecule has 3 atom stereocenters. The summed E-state index contributed by atoms with van der Waals surface area (Å²) in [7, 11) is 0. The van der Waals surface area contributed by atoms with E-state index in [1.165, 1.54) is 23.5 Å². The van der Waals surface area contributed by atoms with Gasteiger partial charge in [-0.3, -0.25) is 24.0 Å². The molecule has 0 fully saturated rings. The number of hydrogen-bond donors (Lipinski definition) is 5. The molecule has 41 heavy (non-hydrogen) atoms. The molecule has 0 saturated carbocycles. The number of carbonyl (C=O) groups is 4. The number of thiazole rings is 1. The van der Waals surface area contributed by atoms with Crippen molar-refractivity contribution in [2.75, 3.05) is 6.54 Å². The van der Waals surface area contributed by atoms with Crippen LogP contribution >= 0.6 is 11.3 Å². The maximum absolute atomic E-state index is 13.4. The zero-order chi connectivity index (χ0) is 29.4. The van der Waals surface area contributed by atoms with E-state index in [0.717, 1.165) is 5.56 Å². The minimum Gasteiger partial charge on any atom is -0.351 e. The van der Waals surface area contributed by atoms with E-state index in [4.69, 9.17) is 0 Å². The van der Waals surface area contributed by atoms with Crippen molar-refractivity contribution in [3.63, 3.8) is 0 Å². The van der Waals surface area contributed by atoms with Crippen molar-refractivity contribution in [3.8, 4) is 0 Å². The van der Waals surface area contributed by atoms with Crippen molar-refractivity contribution >= 4 is 35.0 Å². The summed E-state index contributed by atoms with van der Waals surface area (Å²) in [6.07, 6.45) is 2.10. The van der Waals surface area contributed by atoms with Crippen LogP contribution in [0.4, 0.5) is 0 Å². The van der Waals surface area contributed by atoms with Gasteiger partial charge in [0.25, 0.3) is 11.8 Å². The Morgan fingerprint density at radius 1 is 1.02 bits per heavy atom. The van der Waals surface area contributed by atoms with Gasteiger partial charge < -0.3 is 26.3 Å². The zero-order valence-corrected chi connectivity index (χ0v) is 23.8. The third-order valence-electron chi connectivity index (χ3n) is 6.76. The Labute approximate surface area is 241 Å². The molecule has 0 saturated heterocycles. The van der Waals surface area contributed by atoms with Crippen LogP contribution < -0.4 is 26.8 Å². The fourth-order valence-electron chi connectivity index (χ4n) is 4.59. The Kier molecular flexibility index (Phi) is 10.0. The van der Waals surface area contributed by atoms with Gasteiger partial charge in [-0.05, 0) is 50.7 Å². The van der Waals surface area contributed by atoms with E-state index in [2.05, 4.69) is 31.2 Å². The van der Waals surface area contributed by atoms with Gasteiger partial charge in [-0.25, -0.2) is 4.98 Å². The molecule has 11 nitrogen and oxygen atoms in total. The lowest BCUT2D eigenvalue weighted by atomic mass is 10.0. The minimum absolute atomic E-state index is 0.133. The van der Waals surface area contributed by atoms with Gasteiger partial charge in [0.15, 0.2) is 0 Å². The van der Waals surface area contributed by atoms with Gasteiger partial charge in [0.1, 0.15) is 22.8 Å². The maximum atomic E-state index is 13.4. The van der Waals surface area contributed by atoms with Gasteiger partial charge in [-0.1, -0.05) is 37.3 Å². The van der Waals surface area contributed by atoms with Gasteiger partial charge >= 0.3 is 0 Å². The van der Waals surface area contributed by atoms with Crippen molar-refractivity contribution < 1.29 is 19.2 Å². The van der Waals surface area contributed by atoms with Crippen LogP contribution in [-0.2, 0) is 16.0 Å². The van der Waals surface area contributed by atoms with E-state index < -0.39 is 41.4 Å². The van der Waals surface area contributed by atoms with Crippen LogP contribution in [0.5, 0.6) is 0 Å². The fourth-order valence-corrected chi connectivity index (χ4v) is 5.44. The molecule has 12 heteroatoms. The van der Waals surface area contributed by atoms with Crippen molar-refractivity contribution in [1.82, 2.24) is 31.2 Å². The van der Waals surface area contributed by atoms with Gasteiger partial charge in [-0.2, -0.15) is 0 Å². The van der Waals surface area contributed by atoms with E-state index in [9.17, 15) is 24.0 Å². The summed E-state index contributed by atoms with van der Waals surface area (Å²) in [5, 5.41) is 13.6. The smallest absolute Gasteiger partial charge is 0.270 e. The van der Waals surface area contributed by atoms with E-state index in [1.54, 1.807) is 19.2 Å². The summed E-state index contributed by atoms with van der Waals surface area (Å²) in [4.78, 5) is 71.5. The molecule has 1 aromatic carbocycles. The highest BCUT2D eigenvalue weighted by atomic mass is 32.1. The summed E-state index contributed by atoms with van der Waals surface area (Å²) in [5.74, 6) is -1.79. The lowest BCUT2D eigenvalue weighted by Crippen LogP contribution is -2.54. The van der Waals surface area contributed by atoms with E-state index >= 15 is 0 Å². The van der Waals surface area contributed by atoms with Crippen LogP contribution in [0.1, 0.15) is 75.8 Å². The Hall–Kier alpha value is -4.32. The molecule has 1 aliphatic heterocycles. The highest BCUT2D eigenvalue weighted by Gasteiger charge is 2.29. The summed E-state index contributed by atoms with van der Waals surface area (Å²) in [6.45, 7) is 3.81. The van der Waals surface area contributed by atoms with E-state index in [-0.39, 0.29) is 23.6 Å². The number of hydrogen-bond acceptors (Lipinski definition) is 7. The maximum Gasteiger partial charge on any atom is 0.270 e. The normalized spacial score (nSPS) is 20.4. The Morgan fingerprint density at radius 3 is 2.51 bits per heavy atom. The molecule has 3 heterocycles. The lowest BCUT2D eigenvalue weighted by molar-refractivity contribution is -0.130. The number of benzene rings is 1. The van der Waals surface area contributed by atoms with Crippen molar-refractivity contribution in [3.05, 3.63) is 85.7 Å². The number of aromatic nitrogens is 2. The second kappa shape index (κ2) is 13.8. The number of pyridine rings is 1. The van der Waals surface area contributed by atoms with Gasteiger partial charge in [0.05, 0.1) is 6.04 Å². The Morgan fingerprint density at radius 2 is 1.78 bits per heavy atom. The molecular weight excluding hydrogens is 544 g/mol. The molecule has 0 spiro atoms. The average molecular weight is 579 g/mol.